The predicted octanol–water partition coefficient (Wildman–Crippen LogP) is -0.706. The van der Waals surface area contributed by atoms with Crippen LogP contribution in [0.25, 0.3) is 0 Å². The van der Waals surface area contributed by atoms with Crippen LogP contribution in [-0.4, -0.2) is 40.1 Å². The van der Waals surface area contributed by atoms with Crippen molar-refractivity contribution in [3.05, 3.63) is 0 Å². The number of hydrogen-bond acceptors (Lipinski definition) is 4. The third-order valence-corrected chi connectivity index (χ3v) is 1.89. The zero-order valence-electron chi connectivity index (χ0n) is 9.93. The fourth-order valence-electron chi connectivity index (χ4n) is 1.10. The van der Waals surface area contributed by atoms with E-state index in [1.165, 1.54) is 6.92 Å². The van der Waals surface area contributed by atoms with Crippen LogP contribution in [0.3, 0.4) is 0 Å². The molecule has 0 bridgehead atoms. The van der Waals surface area contributed by atoms with Gasteiger partial charge in [0.05, 0.1) is 19.0 Å². The summed E-state index contributed by atoms with van der Waals surface area (Å²) >= 11 is 0. The average Bonchev–Trinajstić information content (AvgIpc) is 2.23. The highest BCUT2D eigenvalue weighted by Gasteiger charge is 2.12. The summed E-state index contributed by atoms with van der Waals surface area (Å²) in [4.78, 5) is 42.8. The van der Waals surface area contributed by atoms with E-state index in [2.05, 4.69) is 10.6 Å². The number of nitrogens with one attached hydrogen (secondary N) is 2. The Labute approximate surface area is 103 Å². The maximum absolute atomic E-state index is 11.2. The van der Waals surface area contributed by atoms with Crippen molar-refractivity contribution in [3.8, 4) is 0 Å². The summed E-state index contributed by atoms with van der Waals surface area (Å²) in [6.07, 6.45) is -1.60. The van der Waals surface area contributed by atoms with Crippen molar-refractivity contribution >= 4 is 23.8 Å². The highest BCUT2D eigenvalue weighted by molar-refractivity contribution is 5.83. The van der Waals surface area contributed by atoms with Crippen LogP contribution in [0.4, 0.5) is 0 Å². The van der Waals surface area contributed by atoms with E-state index in [-0.39, 0.29) is 25.7 Å². The maximum atomic E-state index is 11.2. The van der Waals surface area contributed by atoms with Crippen LogP contribution in [0.1, 0.15) is 32.6 Å². The molecular formula is C10H16N2O6. The molecule has 4 N–H and O–H groups in total. The summed E-state index contributed by atoms with van der Waals surface area (Å²) in [6.45, 7) is 1.50. The van der Waals surface area contributed by atoms with E-state index in [1.807, 2.05) is 0 Å². The average molecular weight is 260 g/mol. The monoisotopic (exact) mass is 260 g/mol. The quantitative estimate of drug-likeness (QED) is 0.426. The second kappa shape index (κ2) is 8.04. The van der Waals surface area contributed by atoms with Gasteiger partial charge in [-0.1, -0.05) is 0 Å². The number of carboxylic acid groups (broad SMARTS) is 2. The van der Waals surface area contributed by atoms with Crippen molar-refractivity contribution in [2.75, 3.05) is 0 Å². The van der Waals surface area contributed by atoms with Gasteiger partial charge in [0, 0.05) is 12.8 Å². The Morgan fingerprint density at radius 3 is 1.44 bits per heavy atom. The molecule has 0 rings (SSSR count). The van der Waals surface area contributed by atoms with E-state index in [4.69, 9.17) is 10.2 Å². The molecule has 8 nitrogen and oxygen atoms in total. The summed E-state index contributed by atoms with van der Waals surface area (Å²) in [6, 6.07) is 0. The molecule has 0 aromatic carbocycles. The van der Waals surface area contributed by atoms with E-state index in [0.717, 1.165) is 0 Å². The Morgan fingerprint density at radius 2 is 1.17 bits per heavy atom. The molecule has 0 aromatic rings. The van der Waals surface area contributed by atoms with Gasteiger partial charge >= 0.3 is 11.9 Å². The lowest BCUT2D eigenvalue weighted by atomic mass is 10.3. The van der Waals surface area contributed by atoms with Gasteiger partial charge in [0.1, 0.15) is 0 Å². The molecule has 0 unspecified atom stereocenters. The number of carbonyl (C=O) groups excluding carboxylic acids is 2. The summed E-state index contributed by atoms with van der Waals surface area (Å²) in [5, 5.41) is 21.5. The first-order chi connectivity index (χ1) is 8.31. The third-order valence-electron chi connectivity index (χ3n) is 1.89. The molecule has 0 aromatic heterocycles. The smallest absolute Gasteiger partial charge is 0.303 e. The molecule has 2 amide bonds. The van der Waals surface area contributed by atoms with E-state index < -0.39 is 29.9 Å². The molecule has 8 heteroatoms. The molecule has 0 spiro atoms. The fourth-order valence-corrected chi connectivity index (χ4v) is 1.10. The molecule has 0 radical (unpaired) electrons. The zero-order valence-corrected chi connectivity index (χ0v) is 9.93. The van der Waals surface area contributed by atoms with Crippen molar-refractivity contribution in [1.29, 1.82) is 0 Å². The minimum Gasteiger partial charge on any atom is -0.481 e. The normalized spacial score (nSPS) is 9.89. The molecule has 0 saturated carbocycles. The summed E-state index contributed by atoms with van der Waals surface area (Å²) in [5.41, 5.74) is 0. The molecule has 0 aliphatic rings. The van der Waals surface area contributed by atoms with Gasteiger partial charge < -0.3 is 20.8 Å². The van der Waals surface area contributed by atoms with Crippen molar-refractivity contribution in [1.82, 2.24) is 10.6 Å². The predicted molar refractivity (Wildman–Crippen MR) is 59.5 cm³/mol. The molecule has 0 saturated heterocycles. The van der Waals surface area contributed by atoms with Crippen LogP contribution < -0.4 is 10.6 Å². The van der Waals surface area contributed by atoms with Gasteiger partial charge in [-0.3, -0.25) is 19.2 Å². The van der Waals surface area contributed by atoms with Gasteiger partial charge in [-0.25, -0.2) is 0 Å². The Morgan fingerprint density at radius 1 is 0.833 bits per heavy atom. The molecular weight excluding hydrogens is 244 g/mol. The van der Waals surface area contributed by atoms with Crippen molar-refractivity contribution in [2.45, 2.75) is 38.8 Å². The molecule has 0 aliphatic heterocycles. The van der Waals surface area contributed by atoms with Gasteiger partial charge in [0.25, 0.3) is 0 Å². The van der Waals surface area contributed by atoms with Crippen LogP contribution in [0.2, 0.25) is 0 Å². The van der Waals surface area contributed by atoms with Crippen molar-refractivity contribution in [3.63, 3.8) is 0 Å². The van der Waals surface area contributed by atoms with Crippen molar-refractivity contribution in [2.24, 2.45) is 0 Å². The lowest BCUT2D eigenvalue weighted by Crippen LogP contribution is -2.46. The first kappa shape index (κ1) is 15.9. The second-order valence-corrected chi connectivity index (χ2v) is 3.64. The highest BCUT2D eigenvalue weighted by atomic mass is 16.4. The molecule has 0 fully saturated rings. The van der Waals surface area contributed by atoms with Gasteiger partial charge in [-0.15, -0.1) is 0 Å². The Balaban J connectivity index is 3.84. The second-order valence-electron chi connectivity index (χ2n) is 3.64. The van der Waals surface area contributed by atoms with Crippen molar-refractivity contribution < 1.29 is 29.4 Å². The van der Waals surface area contributed by atoms with Crippen LogP contribution in [0, 0.1) is 0 Å². The third kappa shape index (κ3) is 9.13. The number of rotatable bonds is 8. The minimum absolute atomic E-state index is 0.176. The molecule has 0 heterocycles. The maximum Gasteiger partial charge on any atom is 0.303 e. The molecule has 0 aliphatic carbocycles. The van der Waals surface area contributed by atoms with E-state index in [0.29, 0.717) is 0 Å². The fraction of sp³-hybridized carbons (Fsp3) is 0.600. The van der Waals surface area contributed by atoms with Crippen LogP contribution in [0.5, 0.6) is 0 Å². The Bertz CT molecular complexity index is 309. The van der Waals surface area contributed by atoms with E-state index >= 15 is 0 Å². The zero-order chi connectivity index (χ0) is 14.1. The lowest BCUT2D eigenvalue weighted by molar-refractivity contribution is -0.139. The van der Waals surface area contributed by atoms with E-state index in [9.17, 15) is 19.2 Å². The first-order valence-corrected chi connectivity index (χ1v) is 5.33. The number of aliphatic carboxylic acids is 2. The Kier molecular flexibility index (Phi) is 7.10. The number of hydrogen-bond donors (Lipinski definition) is 4. The number of carbonyl (C=O) groups is 4. The van der Waals surface area contributed by atoms with E-state index in [1.54, 1.807) is 0 Å². The lowest BCUT2D eigenvalue weighted by Gasteiger charge is -2.15. The van der Waals surface area contributed by atoms with Crippen LogP contribution in [-0.2, 0) is 19.2 Å². The van der Waals surface area contributed by atoms with Gasteiger partial charge in [-0.05, 0) is 6.92 Å². The largest absolute Gasteiger partial charge is 0.481 e. The van der Waals surface area contributed by atoms with Gasteiger partial charge in [-0.2, -0.15) is 0 Å². The highest BCUT2D eigenvalue weighted by Crippen LogP contribution is 1.92. The van der Waals surface area contributed by atoms with Gasteiger partial charge in [0.2, 0.25) is 11.8 Å². The SMILES string of the molecule is CC(NC(=O)CCC(=O)O)NC(=O)CCC(=O)O. The topological polar surface area (TPSA) is 133 Å². The summed E-state index contributed by atoms with van der Waals surface area (Å²) in [7, 11) is 0. The molecule has 18 heavy (non-hydrogen) atoms. The minimum atomic E-state index is -1.08. The van der Waals surface area contributed by atoms with Gasteiger partial charge in [0.15, 0.2) is 0 Å². The Hall–Kier alpha value is -2.12. The number of carboxylic acids is 2. The van der Waals surface area contributed by atoms with Crippen LogP contribution >= 0.6 is 0 Å². The standard InChI is InChI=1S/C10H16N2O6/c1-6(11-7(13)2-4-9(15)16)12-8(14)3-5-10(17)18/h6H,2-5H2,1H3,(H,11,13)(H,12,14)(H,15,16)(H,17,18). The molecule has 102 valence electrons. The summed E-state index contributed by atoms with van der Waals surface area (Å²) < 4.78 is 0. The summed E-state index contributed by atoms with van der Waals surface area (Å²) in [5.74, 6) is -3.15. The van der Waals surface area contributed by atoms with Crippen LogP contribution in [0.15, 0.2) is 0 Å². The number of amides is 2. The first-order valence-electron chi connectivity index (χ1n) is 5.33. The molecule has 0 atom stereocenters.